The Kier molecular flexibility index (Phi) is 6.10. The van der Waals surface area contributed by atoms with Gasteiger partial charge in [-0.1, -0.05) is 37.0 Å². The summed E-state index contributed by atoms with van der Waals surface area (Å²) in [4.78, 5) is 11.5. The topological polar surface area (TPSA) is 29.1 Å². The van der Waals surface area contributed by atoms with Crippen molar-refractivity contribution in [3.63, 3.8) is 0 Å². The Morgan fingerprint density at radius 1 is 1.33 bits per heavy atom. The fourth-order valence-electron chi connectivity index (χ4n) is 1.45. The van der Waals surface area contributed by atoms with Crippen LogP contribution in [0.1, 0.15) is 25.0 Å². The molecule has 0 heterocycles. The van der Waals surface area contributed by atoms with Gasteiger partial charge in [0, 0.05) is 12.6 Å². The Bertz CT molecular complexity index is 554. The number of amides is 1. The second-order valence-corrected chi connectivity index (χ2v) is 5.62. The van der Waals surface area contributed by atoms with Gasteiger partial charge in [-0.25, -0.2) is 0 Å². The van der Waals surface area contributed by atoms with Gasteiger partial charge in [0.25, 0.3) is 0 Å². The fourth-order valence-corrected chi connectivity index (χ4v) is 1.89. The van der Waals surface area contributed by atoms with E-state index in [9.17, 15) is 18.0 Å². The Hall–Kier alpha value is -1.20. The second kappa shape index (κ2) is 7.18. The van der Waals surface area contributed by atoms with Crippen LogP contribution in [0.5, 0.6) is 0 Å². The minimum absolute atomic E-state index is 0.149. The molecule has 0 aliphatic heterocycles. The molecule has 0 fully saturated rings. The first-order chi connectivity index (χ1) is 9.61. The summed E-state index contributed by atoms with van der Waals surface area (Å²) in [7, 11) is 0. The van der Waals surface area contributed by atoms with Gasteiger partial charge in [0.05, 0.1) is 15.6 Å². The van der Waals surface area contributed by atoms with E-state index in [0.29, 0.717) is 6.54 Å². The molecular formula is C14H14Cl2F3NO. The van der Waals surface area contributed by atoms with E-state index in [2.05, 4.69) is 5.32 Å². The molecule has 0 spiro atoms. The summed E-state index contributed by atoms with van der Waals surface area (Å²) in [6, 6.07) is 2.12. The monoisotopic (exact) mass is 339 g/mol. The molecule has 0 saturated heterocycles. The van der Waals surface area contributed by atoms with Gasteiger partial charge in [0.2, 0.25) is 5.91 Å². The van der Waals surface area contributed by atoms with Crippen LogP contribution in [0.4, 0.5) is 13.2 Å². The van der Waals surface area contributed by atoms with Crippen molar-refractivity contribution in [1.82, 2.24) is 5.32 Å². The van der Waals surface area contributed by atoms with Crippen LogP contribution in [0.3, 0.4) is 0 Å². The zero-order valence-corrected chi connectivity index (χ0v) is 12.9. The number of halogens is 5. The maximum atomic E-state index is 12.8. The maximum absolute atomic E-state index is 12.8. The quantitative estimate of drug-likeness (QED) is 0.784. The Balaban J connectivity index is 2.95. The summed E-state index contributed by atoms with van der Waals surface area (Å²) in [5.74, 6) is -0.104. The number of hydrogen-bond donors (Lipinski definition) is 1. The van der Waals surface area contributed by atoms with Gasteiger partial charge in [-0.05, 0) is 29.7 Å². The lowest BCUT2D eigenvalue weighted by Gasteiger charge is -2.11. The molecule has 0 aromatic heterocycles. The maximum Gasteiger partial charge on any atom is 0.417 e. The first-order valence-electron chi connectivity index (χ1n) is 6.13. The van der Waals surface area contributed by atoms with Gasteiger partial charge >= 0.3 is 6.18 Å². The smallest absolute Gasteiger partial charge is 0.352 e. The number of alkyl halides is 3. The minimum Gasteiger partial charge on any atom is -0.352 e. The fraction of sp³-hybridized carbons (Fsp3) is 0.357. The predicted molar refractivity (Wildman–Crippen MR) is 78.3 cm³/mol. The highest BCUT2D eigenvalue weighted by Gasteiger charge is 2.34. The first kappa shape index (κ1) is 17.9. The van der Waals surface area contributed by atoms with E-state index >= 15 is 0 Å². The van der Waals surface area contributed by atoms with Gasteiger partial charge in [0.15, 0.2) is 0 Å². The Labute approximate surface area is 130 Å². The molecule has 2 nitrogen and oxygen atoms in total. The van der Waals surface area contributed by atoms with Crippen molar-refractivity contribution in [3.05, 3.63) is 39.4 Å². The molecule has 1 rings (SSSR count). The molecule has 0 aliphatic rings. The predicted octanol–water partition coefficient (Wildman–Crippen LogP) is 4.80. The average molecular weight is 340 g/mol. The molecule has 0 unspecified atom stereocenters. The normalized spacial score (nSPS) is 12.2. The largest absolute Gasteiger partial charge is 0.417 e. The Morgan fingerprint density at radius 2 is 1.95 bits per heavy atom. The number of benzene rings is 1. The molecule has 0 bridgehead atoms. The zero-order chi connectivity index (χ0) is 16.2. The van der Waals surface area contributed by atoms with Crippen molar-refractivity contribution in [1.29, 1.82) is 0 Å². The van der Waals surface area contributed by atoms with Crippen LogP contribution in [0.2, 0.25) is 10.0 Å². The minimum atomic E-state index is -4.61. The third-order valence-electron chi connectivity index (χ3n) is 2.47. The van der Waals surface area contributed by atoms with Crippen LogP contribution < -0.4 is 5.32 Å². The van der Waals surface area contributed by atoms with Gasteiger partial charge in [-0.3, -0.25) is 4.79 Å². The molecule has 7 heteroatoms. The van der Waals surface area contributed by atoms with Crippen molar-refractivity contribution in [3.8, 4) is 0 Å². The molecule has 0 aliphatic carbocycles. The molecule has 0 radical (unpaired) electrons. The van der Waals surface area contributed by atoms with Crippen molar-refractivity contribution in [2.45, 2.75) is 20.0 Å². The first-order valence-corrected chi connectivity index (χ1v) is 6.89. The number of rotatable bonds is 4. The summed E-state index contributed by atoms with van der Waals surface area (Å²) in [5, 5.41) is 1.85. The van der Waals surface area contributed by atoms with E-state index in [1.54, 1.807) is 0 Å². The van der Waals surface area contributed by atoms with Gasteiger partial charge in [-0.15, -0.1) is 0 Å². The lowest BCUT2D eigenvalue weighted by molar-refractivity contribution is -0.137. The van der Waals surface area contributed by atoms with Crippen molar-refractivity contribution in [2.24, 2.45) is 5.92 Å². The molecule has 116 valence electrons. The summed E-state index contributed by atoms with van der Waals surface area (Å²) in [5.41, 5.74) is -0.879. The van der Waals surface area contributed by atoms with Crippen LogP contribution in [0.15, 0.2) is 18.2 Å². The molecule has 21 heavy (non-hydrogen) atoms. The molecule has 1 aromatic rings. The summed E-state index contributed by atoms with van der Waals surface area (Å²) in [6.45, 7) is 4.34. The number of hydrogen-bond acceptors (Lipinski definition) is 1. The number of carbonyl (C=O) groups excluding carboxylic acids is 1. The number of nitrogens with one attached hydrogen (secondary N) is 1. The van der Waals surface area contributed by atoms with Gasteiger partial charge in [0.1, 0.15) is 0 Å². The van der Waals surface area contributed by atoms with E-state index in [0.717, 1.165) is 12.1 Å². The molecular weight excluding hydrogens is 326 g/mol. The van der Waals surface area contributed by atoms with E-state index < -0.39 is 16.8 Å². The zero-order valence-electron chi connectivity index (χ0n) is 11.4. The Morgan fingerprint density at radius 3 is 2.48 bits per heavy atom. The highest BCUT2D eigenvalue weighted by molar-refractivity contribution is 6.42. The average Bonchev–Trinajstić information content (AvgIpc) is 2.36. The SMILES string of the molecule is CC(C)CNC(=O)/C=C/c1cc(Cl)c(Cl)c(C(F)(F)F)c1. The highest BCUT2D eigenvalue weighted by Crippen LogP contribution is 2.39. The third kappa shape index (κ3) is 5.59. The molecule has 1 aromatic carbocycles. The van der Waals surface area contributed by atoms with Crippen LogP contribution in [0, 0.1) is 5.92 Å². The van der Waals surface area contributed by atoms with Crippen molar-refractivity contribution in [2.75, 3.05) is 6.54 Å². The summed E-state index contributed by atoms with van der Waals surface area (Å²) >= 11 is 11.2. The lowest BCUT2D eigenvalue weighted by Crippen LogP contribution is -2.25. The van der Waals surface area contributed by atoms with Crippen LogP contribution in [0.25, 0.3) is 6.08 Å². The van der Waals surface area contributed by atoms with E-state index in [-0.39, 0.29) is 22.4 Å². The summed E-state index contributed by atoms with van der Waals surface area (Å²) < 4.78 is 38.3. The van der Waals surface area contributed by atoms with Crippen LogP contribution in [-0.4, -0.2) is 12.5 Å². The highest BCUT2D eigenvalue weighted by atomic mass is 35.5. The lowest BCUT2D eigenvalue weighted by atomic mass is 10.1. The molecule has 1 amide bonds. The van der Waals surface area contributed by atoms with Crippen LogP contribution >= 0.6 is 23.2 Å². The van der Waals surface area contributed by atoms with Crippen molar-refractivity contribution < 1.29 is 18.0 Å². The van der Waals surface area contributed by atoms with E-state index in [1.807, 2.05) is 13.8 Å². The second-order valence-electron chi connectivity index (χ2n) is 4.83. The van der Waals surface area contributed by atoms with Crippen LogP contribution in [-0.2, 0) is 11.0 Å². The van der Waals surface area contributed by atoms with E-state index in [1.165, 1.54) is 12.1 Å². The number of carbonyl (C=O) groups is 1. The van der Waals surface area contributed by atoms with Gasteiger partial charge < -0.3 is 5.32 Å². The molecule has 0 saturated carbocycles. The van der Waals surface area contributed by atoms with Gasteiger partial charge in [-0.2, -0.15) is 13.2 Å². The van der Waals surface area contributed by atoms with Crippen molar-refractivity contribution >= 4 is 35.2 Å². The molecule has 0 atom stereocenters. The summed E-state index contributed by atoms with van der Waals surface area (Å²) in [6.07, 6.45) is -2.19. The molecule has 1 N–H and O–H groups in total. The van der Waals surface area contributed by atoms with E-state index in [4.69, 9.17) is 23.2 Å². The standard InChI is InChI=1S/C14H14Cl2F3NO/c1-8(2)7-20-12(21)4-3-9-5-10(14(17,18)19)13(16)11(15)6-9/h3-6,8H,7H2,1-2H3,(H,20,21)/b4-3+. The third-order valence-corrected chi connectivity index (χ3v) is 3.27.